The Hall–Kier alpha value is -5.00. The molecule has 256 valence electrons. The van der Waals surface area contributed by atoms with E-state index in [0.29, 0.717) is 10.0 Å². The molecule has 8 nitrogen and oxygen atoms in total. The highest BCUT2D eigenvalue weighted by Gasteiger charge is 2.20. The van der Waals surface area contributed by atoms with Crippen molar-refractivity contribution in [2.45, 2.75) is 25.3 Å². The maximum absolute atomic E-state index is 13.6. The van der Waals surface area contributed by atoms with Gasteiger partial charge in [0.25, 0.3) is 0 Å². The van der Waals surface area contributed by atoms with E-state index in [1.165, 1.54) is 24.3 Å². The third kappa shape index (κ3) is 7.90. The van der Waals surface area contributed by atoms with Crippen molar-refractivity contribution >= 4 is 56.9 Å². The van der Waals surface area contributed by atoms with Crippen molar-refractivity contribution in [1.82, 2.24) is 19.8 Å². The van der Waals surface area contributed by atoms with E-state index in [4.69, 9.17) is 32.7 Å². The quantitative estimate of drug-likeness (QED) is 0.0768. The summed E-state index contributed by atoms with van der Waals surface area (Å²) in [5.74, 6) is -2.18. The molecule has 0 saturated carbocycles. The van der Waals surface area contributed by atoms with Gasteiger partial charge in [0.05, 0.1) is 11.0 Å². The third-order valence-corrected chi connectivity index (χ3v) is 8.70. The number of esters is 2. The summed E-state index contributed by atoms with van der Waals surface area (Å²) in [7, 11) is 3.31. The molecule has 4 aromatic carbocycles. The van der Waals surface area contributed by atoms with E-state index in [1.807, 2.05) is 45.8 Å². The summed E-state index contributed by atoms with van der Waals surface area (Å²) in [6.07, 6.45) is 4.88. The predicted molar refractivity (Wildman–Crippen MR) is 191 cm³/mol. The van der Waals surface area contributed by atoms with Gasteiger partial charge >= 0.3 is 11.9 Å². The zero-order chi connectivity index (χ0) is 35.4. The van der Waals surface area contributed by atoms with Crippen LogP contribution in [-0.4, -0.2) is 47.6 Å². The van der Waals surface area contributed by atoms with Crippen LogP contribution in [0.15, 0.2) is 109 Å². The van der Waals surface area contributed by atoms with Crippen molar-refractivity contribution < 1.29 is 27.8 Å². The number of nitrogens with one attached hydrogen (secondary N) is 2. The number of rotatable bonds is 12. The van der Waals surface area contributed by atoms with Crippen molar-refractivity contribution in [3.63, 3.8) is 0 Å². The second-order valence-electron chi connectivity index (χ2n) is 11.5. The minimum absolute atomic E-state index is 0.281. The number of nitrogens with zero attached hydrogens (tertiary/aromatic N) is 2. The predicted octanol–water partition coefficient (Wildman–Crippen LogP) is 7.68. The Morgan fingerprint density at radius 2 is 1.04 bits per heavy atom. The maximum atomic E-state index is 13.6. The van der Waals surface area contributed by atoms with Gasteiger partial charge in [-0.2, -0.15) is 0 Å². The molecule has 0 spiro atoms. The van der Waals surface area contributed by atoms with Gasteiger partial charge in [-0.05, 0) is 110 Å². The minimum atomic E-state index is -0.750. The highest BCUT2D eigenvalue weighted by atomic mass is 35.5. The molecule has 0 aliphatic heterocycles. The lowest BCUT2D eigenvalue weighted by molar-refractivity contribution is -0.147. The molecule has 2 unspecified atom stereocenters. The summed E-state index contributed by atoms with van der Waals surface area (Å²) in [4.78, 5) is 25.6. The monoisotopic (exact) mass is 716 g/mol. The van der Waals surface area contributed by atoms with Crippen LogP contribution in [0.1, 0.15) is 11.1 Å². The molecule has 2 atom stereocenters. The average Bonchev–Trinajstić information content (AvgIpc) is 3.64. The maximum Gasteiger partial charge on any atom is 0.332 e. The second-order valence-corrected chi connectivity index (χ2v) is 12.4. The molecule has 0 aliphatic rings. The summed E-state index contributed by atoms with van der Waals surface area (Å²) in [5, 5.41) is 8.74. The Bertz CT molecular complexity index is 2040. The molecule has 0 saturated heterocycles. The minimum Gasteiger partial charge on any atom is -0.443 e. The van der Waals surface area contributed by atoms with Crippen LogP contribution in [0, 0.1) is 11.6 Å². The number of likely N-dealkylation sites (N-methyl/N-ethyl adjacent to an activating group) is 2. The van der Waals surface area contributed by atoms with Gasteiger partial charge in [-0.3, -0.25) is 10.6 Å². The Kier molecular flexibility index (Phi) is 10.6. The van der Waals surface area contributed by atoms with E-state index in [2.05, 4.69) is 10.6 Å². The van der Waals surface area contributed by atoms with Crippen LogP contribution in [0.4, 0.5) is 8.78 Å². The van der Waals surface area contributed by atoms with Gasteiger partial charge < -0.3 is 18.6 Å². The van der Waals surface area contributed by atoms with E-state index >= 15 is 0 Å². The van der Waals surface area contributed by atoms with E-state index in [0.717, 1.165) is 56.5 Å². The normalized spacial score (nSPS) is 12.8. The lowest BCUT2D eigenvalue weighted by Crippen LogP contribution is -2.33. The molecule has 0 bridgehead atoms. The van der Waals surface area contributed by atoms with Gasteiger partial charge in [0.1, 0.15) is 11.6 Å². The zero-order valence-corrected chi connectivity index (χ0v) is 28.5. The van der Waals surface area contributed by atoms with E-state index < -0.39 is 24.4 Å². The highest BCUT2D eigenvalue weighted by molar-refractivity contribution is 6.31. The van der Waals surface area contributed by atoms with Gasteiger partial charge in [-0.1, -0.05) is 23.2 Å². The Morgan fingerprint density at radius 3 is 1.40 bits per heavy atom. The molecule has 12 heteroatoms. The van der Waals surface area contributed by atoms with Gasteiger partial charge in [0.2, 0.25) is 0 Å². The number of carbonyl (C=O) groups is 2. The molecule has 2 aromatic heterocycles. The molecular weight excluding hydrogens is 685 g/mol. The van der Waals surface area contributed by atoms with Crippen LogP contribution < -0.4 is 10.6 Å². The molecular formula is C38H32Cl2F2N4O4. The standard InChI is InChI=1S/C38H32Cl2F2N4O4/c1-43-35(17-23-21-45(29-9-5-27(41)6-10-29)33-13-3-25(39)19-31(23)33)49-37(47)15-16-38(48)50-36(44-2)18-24-22-46(30-11-7-28(42)8-12-30)34-14-4-26(40)20-32(24)34/h3-16,19-22,35-36,43-44H,17-18H2,1-2H3/b16-15-. The molecule has 6 aromatic rings. The van der Waals surface area contributed by atoms with Gasteiger partial charge in [-0.25, -0.2) is 18.4 Å². The van der Waals surface area contributed by atoms with Crippen LogP contribution in [0.3, 0.4) is 0 Å². The van der Waals surface area contributed by atoms with E-state index in [9.17, 15) is 18.4 Å². The second kappa shape index (κ2) is 15.3. The fourth-order valence-electron chi connectivity index (χ4n) is 5.80. The van der Waals surface area contributed by atoms with E-state index in [-0.39, 0.29) is 24.5 Å². The molecule has 2 heterocycles. The van der Waals surface area contributed by atoms with Gasteiger partial charge in [0, 0.05) is 69.6 Å². The van der Waals surface area contributed by atoms with Crippen LogP contribution in [-0.2, 0) is 31.9 Å². The molecule has 6 rings (SSSR count). The number of hydrogen-bond acceptors (Lipinski definition) is 6. The van der Waals surface area contributed by atoms with Gasteiger partial charge in [-0.15, -0.1) is 0 Å². The molecule has 0 radical (unpaired) electrons. The first-order valence-corrected chi connectivity index (χ1v) is 16.4. The van der Waals surface area contributed by atoms with Gasteiger partial charge in [0.15, 0.2) is 12.5 Å². The summed E-state index contributed by atoms with van der Waals surface area (Å²) in [5.41, 5.74) is 4.88. The first-order valence-electron chi connectivity index (χ1n) is 15.7. The number of halogens is 4. The number of carbonyl (C=O) groups excluding carboxylic acids is 2. The van der Waals surface area contributed by atoms with Crippen LogP contribution in [0.2, 0.25) is 10.0 Å². The van der Waals surface area contributed by atoms with Crippen molar-refractivity contribution in [1.29, 1.82) is 0 Å². The number of aromatic nitrogens is 2. The zero-order valence-electron chi connectivity index (χ0n) is 27.0. The Labute approximate surface area is 296 Å². The Balaban J connectivity index is 1.12. The van der Waals surface area contributed by atoms with Crippen LogP contribution in [0.5, 0.6) is 0 Å². The lowest BCUT2D eigenvalue weighted by atomic mass is 10.1. The number of fused-ring (bicyclic) bond motifs is 2. The van der Waals surface area contributed by atoms with E-state index in [1.54, 1.807) is 50.5 Å². The first-order chi connectivity index (χ1) is 24.1. The fourth-order valence-corrected chi connectivity index (χ4v) is 6.14. The Morgan fingerprint density at radius 1 is 0.660 bits per heavy atom. The molecule has 50 heavy (non-hydrogen) atoms. The summed E-state index contributed by atoms with van der Waals surface area (Å²) < 4.78 is 42.2. The van der Waals surface area contributed by atoms with Crippen molar-refractivity contribution in [3.8, 4) is 11.4 Å². The van der Waals surface area contributed by atoms with Crippen molar-refractivity contribution in [2.24, 2.45) is 0 Å². The molecule has 0 fully saturated rings. The van der Waals surface area contributed by atoms with Crippen LogP contribution >= 0.6 is 23.2 Å². The summed E-state index contributed by atoms with van der Waals surface area (Å²) in [6, 6.07) is 23.2. The van der Waals surface area contributed by atoms with Crippen molar-refractivity contribution in [3.05, 3.63) is 142 Å². The lowest BCUT2D eigenvalue weighted by Gasteiger charge is -2.16. The SMILES string of the molecule is CNC(Cc1cn(-c2ccc(F)cc2)c2ccc(Cl)cc12)OC(=O)/C=C\C(=O)OC(Cc1cn(-c2ccc(F)cc2)c2ccc(Cl)cc12)NC. The number of ether oxygens (including phenoxy) is 2. The topological polar surface area (TPSA) is 86.5 Å². The summed E-state index contributed by atoms with van der Waals surface area (Å²) >= 11 is 12.6. The fraction of sp³-hybridized carbons (Fsp3) is 0.158. The van der Waals surface area contributed by atoms with Crippen LogP contribution in [0.25, 0.3) is 33.2 Å². The smallest absolute Gasteiger partial charge is 0.332 e. The van der Waals surface area contributed by atoms with Crippen molar-refractivity contribution in [2.75, 3.05) is 14.1 Å². The molecule has 2 N–H and O–H groups in total. The number of hydrogen-bond donors (Lipinski definition) is 2. The third-order valence-electron chi connectivity index (χ3n) is 8.23. The largest absolute Gasteiger partial charge is 0.443 e. The average molecular weight is 718 g/mol. The molecule has 0 aliphatic carbocycles. The number of benzene rings is 4. The molecule has 0 amide bonds. The first kappa shape index (κ1) is 34.8. The summed E-state index contributed by atoms with van der Waals surface area (Å²) in [6.45, 7) is 0. The highest BCUT2D eigenvalue weighted by Crippen LogP contribution is 2.30.